The number of hydrogen-bond acceptors (Lipinski definition) is 4. The smallest absolute Gasteiger partial charge is 0.182 e. The van der Waals surface area contributed by atoms with E-state index < -0.39 is 0 Å². The Balaban J connectivity index is 1.68. The lowest BCUT2D eigenvalue weighted by Gasteiger charge is -2.19. The number of hydrogen-bond donors (Lipinski definition) is 1. The van der Waals surface area contributed by atoms with Crippen LogP contribution < -0.4 is 5.32 Å². The van der Waals surface area contributed by atoms with Crippen molar-refractivity contribution >= 4 is 16.5 Å². The van der Waals surface area contributed by atoms with Crippen LogP contribution >= 0.6 is 11.3 Å². The standard InChI is InChI=1S/C16H21N3S/c1-2-17-16-18-10-15(20-16)12-19-9-5-8-13-6-3-4-7-14(13)11-19/h3-4,6-7,10H,2,5,8-9,11-12H2,1H3,(H,17,18). The Morgan fingerprint density at radius 1 is 1.30 bits per heavy atom. The van der Waals surface area contributed by atoms with Gasteiger partial charge in [-0.15, -0.1) is 11.3 Å². The van der Waals surface area contributed by atoms with Crippen molar-refractivity contribution in [1.29, 1.82) is 0 Å². The zero-order chi connectivity index (χ0) is 13.8. The summed E-state index contributed by atoms with van der Waals surface area (Å²) in [7, 11) is 0. The highest BCUT2D eigenvalue weighted by molar-refractivity contribution is 7.15. The Kier molecular flexibility index (Phi) is 4.33. The van der Waals surface area contributed by atoms with Crippen LogP contribution in [0.3, 0.4) is 0 Å². The van der Waals surface area contributed by atoms with E-state index in [4.69, 9.17) is 0 Å². The average Bonchev–Trinajstić information content (AvgIpc) is 2.78. The first-order chi connectivity index (χ1) is 9.85. The van der Waals surface area contributed by atoms with Crippen molar-refractivity contribution < 1.29 is 0 Å². The van der Waals surface area contributed by atoms with Crippen molar-refractivity contribution in [2.75, 3.05) is 18.4 Å². The Hall–Kier alpha value is -1.39. The molecule has 0 bridgehead atoms. The average molecular weight is 287 g/mol. The van der Waals surface area contributed by atoms with Gasteiger partial charge in [-0.2, -0.15) is 0 Å². The lowest BCUT2D eigenvalue weighted by Crippen LogP contribution is -2.22. The topological polar surface area (TPSA) is 28.2 Å². The van der Waals surface area contributed by atoms with Gasteiger partial charge in [0.1, 0.15) is 0 Å². The van der Waals surface area contributed by atoms with Crippen LogP contribution in [0.2, 0.25) is 0 Å². The summed E-state index contributed by atoms with van der Waals surface area (Å²) >= 11 is 1.78. The zero-order valence-corrected chi connectivity index (χ0v) is 12.7. The number of aryl methyl sites for hydroxylation is 1. The minimum absolute atomic E-state index is 0.935. The molecule has 20 heavy (non-hydrogen) atoms. The molecule has 0 saturated heterocycles. The molecule has 0 spiro atoms. The second-order valence-electron chi connectivity index (χ2n) is 5.24. The lowest BCUT2D eigenvalue weighted by molar-refractivity contribution is 0.263. The summed E-state index contributed by atoms with van der Waals surface area (Å²) in [6.45, 7) is 6.28. The van der Waals surface area contributed by atoms with Crippen molar-refractivity contribution in [2.24, 2.45) is 0 Å². The maximum Gasteiger partial charge on any atom is 0.182 e. The fourth-order valence-corrected chi connectivity index (χ4v) is 3.66. The molecular formula is C16H21N3S. The van der Waals surface area contributed by atoms with Crippen molar-refractivity contribution in [1.82, 2.24) is 9.88 Å². The van der Waals surface area contributed by atoms with Gasteiger partial charge in [0.25, 0.3) is 0 Å². The van der Waals surface area contributed by atoms with Gasteiger partial charge in [0.2, 0.25) is 0 Å². The molecule has 1 N–H and O–H groups in total. The predicted octanol–water partition coefficient (Wildman–Crippen LogP) is 3.52. The Morgan fingerprint density at radius 2 is 2.15 bits per heavy atom. The molecular weight excluding hydrogens is 266 g/mol. The molecule has 0 saturated carbocycles. The summed E-state index contributed by atoms with van der Waals surface area (Å²) in [5.74, 6) is 0. The van der Waals surface area contributed by atoms with Crippen LogP contribution in [0.1, 0.15) is 29.3 Å². The molecule has 0 amide bonds. The van der Waals surface area contributed by atoms with Gasteiger partial charge in [0, 0.05) is 30.7 Å². The molecule has 2 aromatic rings. The minimum atomic E-state index is 0.935. The van der Waals surface area contributed by atoms with Gasteiger partial charge in [-0.25, -0.2) is 4.98 Å². The van der Waals surface area contributed by atoms with E-state index in [2.05, 4.69) is 46.4 Å². The van der Waals surface area contributed by atoms with Crippen molar-refractivity contribution in [2.45, 2.75) is 32.9 Å². The quantitative estimate of drug-likeness (QED) is 0.932. The summed E-state index contributed by atoms with van der Waals surface area (Å²) in [4.78, 5) is 8.30. The van der Waals surface area contributed by atoms with Crippen LogP contribution in [-0.4, -0.2) is 23.0 Å². The molecule has 0 radical (unpaired) electrons. The summed E-state index contributed by atoms with van der Waals surface area (Å²) in [6, 6.07) is 8.85. The number of thiazole rings is 1. The fraction of sp³-hybridized carbons (Fsp3) is 0.438. The van der Waals surface area contributed by atoms with E-state index >= 15 is 0 Å². The predicted molar refractivity (Wildman–Crippen MR) is 85.2 cm³/mol. The molecule has 1 aromatic heterocycles. The molecule has 106 valence electrons. The molecule has 0 unspecified atom stereocenters. The van der Waals surface area contributed by atoms with Crippen LogP contribution in [0.15, 0.2) is 30.5 Å². The first kappa shape index (κ1) is 13.6. The van der Waals surface area contributed by atoms with Gasteiger partial charge in [-0.05, 0) is 37.4 Å². The van der Waals surface area contributed by atoms with Gasteiger partial charge < -0.3 is 5.32 Å². The number of rotatable bonds is 4. The van der Waals surface area contributed by atoms with E-state index in [-0.39, 0.29) is 0 Å². The molecule has 1 aliphatic heterocycles. The van der Waals surface area contributed by atoms with E-state index in [0.29, 0.717) is 0 Å². The minimum Gasteiger partial charge on any atom is -0.362 e. The number of benzene rings is 1. The van der Waals surface area contributed by atoms with Crippen LogP contribution in [-0.2, 0) is 19.5 Å². The molecule has 0 atom stereocenters. The zero-order valence-electron chi connectivity index (χ0n) is 11.9. The maximum atomic E-state index is 4.42. The third-order valence-corrected chi connectivity index (χ3v) is 4.63. The first-order valence-electron chi connectivity index (χ1n) is 7.33. The first-order valence-corrected chi connectivity index (χ1v) is 8.14. The number of anilines is 1. The van der Waals surface area contributed by atoms with E-state index in [0.717, 1.165) is 24.8 Å². The van der Waals surface area contributed by atoms with Gasteiger partial charge >= 0.3 is 0 Å². The van der Waals surface area contributed by atoms with E-state index in [1.54, 1.807) is 11.3 Å². The van der Waals surface area contributed by atoms with E-state index in [9.17, 15) is 0 Å². The Labute approximate surface area is 124 Å². The molecule has 0 fully saturated rings. The highest BCUT2D eigenvalue weighted by Gasteiger charge is 2.15. The number of nitrogens with one attached hydrogen (secondary N) is 1. The van der Waals surface area contributed by atoms with E-state index in [1.807, 2.05) is 6.20 Å². The van der Waals surface area contributed by atoms with Crippen molar-refractivity contribution in [3.8, 4) is 0 Å². The number of fused-ring (bicyclic) bond motifs is 1. The number of nitrogens with zero attached hydrogens (tertiary/aromatic N) is 2. The van der Waals surface area contributed by atoms with Crippen molar-refractivity contribution in [3.63, 3.8) is 0 Å². The normalized spacial score (nSPS) is 15.7. The summed E-state index contributed by atoms with van der Waals surface area (Å²) in [5, 5.41) is 4.32. The maximum absolute atomic E-state index is 4.42. The molecule has 1 aliphatic rings. The second kappa shape index (κ2) is 6.37. The fourth-order valence-electron chi connectivity index (χ4n) is 2.74. The molecule has 1 aromatic carbocycles. The highest BCUT2D eigenvalue weighted by Crippen LogP contribution is 2.23. The SMILES string of the molecule is CCNc1ncc(CN2CCCc3ccccc3C2)s1. The van der Waals surface area contributed by atoms with Crippen molar-refractivity contribution in [3.05, 3.63) is 46.5 Å². The highest BCUT2D eigenvalue weighted by atomic mass is 32.1. The number of aromatic nitrogens is 1. The van der Waals surface area contributed by atoms with Gasteiger partial charge in [-0.3, -0.25) is 4.90 Å². The molecule has 3 nitrogen and oxygen atoms in total. The van der Waals surface area contributed by atoms with Gasteiger partial charge in [0.15, 0.2) is 5.13 Å². The monoisotopic (exact) mass is 287 g/mol. The molecule has 3 rings (SSSR count). The largest absolute Gasteiger partial charge is 0.362 e. The van der Waals surface area contributed by atoms with E-state index in [1.165, 1.54) is 35.4 Å². The van der Waals surface area contributed by atoms with Crippen LogP contribution in [0.4, 0.5) is 5.13 Å². The second-order valence-corrected chi connectivity index (χ2v) is 6.36. The third kappa shape index (κ3) is 3.19. The van der Waals surface area contributed by atoms with Crippen LogP contribution in [0.5, 0.6) is 0 Å². The van der Waals surface area contributed by atoms with Gasteiger partial charge in [-0.1, -0.05) is 24.3 Å². The summed E-state index contributed by atoms with van der Waals surface area (Å²) < 4.78 is 0. The third-order valence-electron chi connectivity index (χ3n) is 3.69. The Bertz CT molecular complexity index is 564. The molecule has 2 heterocycles. The molecule has 4 heteroatoms. The van der Waals surface area contributed by atoms with Gasteiger partial charge in [0.05, 0.1) is 0 Å². The lowest BCUT2D eigenvalue weighted by atomic mass is 10.0. The molecule has 0 aliphatic carbocycles. The summed E-state index contributed by atoms with van der Waals surface area (Å²) in [5.41, 5.74) is 3.01. The summed E-state index contributed by atoms with van der Waals surface area (Å²) in [6.07, 6.45) is 4.47. The van der Waals surface area contributed by atoms with Crippen LogP contribution in [0.25, 0.3) is 0 Å². The Morgan fingerprint density at radius 3 is 3.00 bits per heavy atom. The van der Waals surface area contributed by atoms with Crippen LogP contribution in [0, 0.1) is 0 Å².